The number of carbonyl (C=O) groups excluding carboxylic acids is 1. The summed E-state index contributed by atoms with van der Waals surface area (Å²) in [7, 11) is 0. The lowest BCUT2D eigenvalue weighted by Gasteiger charge is -1.93. The molecule has 1 heterocycles. The fourth-order valence-electron chi connectivity index (χ4n) is 0.922. The van der Waals surface area contributed by atoms with E-state index in [1.54, 1.807) is 0 Å². The van der Waals surface area contributed by atoms with Crippen LogP contribution in [-0.4, -0.2) is 22.5 Å². The van der Waals surface area contributed by atoms with Crippen molar-refractivity contribution < 1.29 is 4.79 Å². The number of thioether (sulfide) groups is 1. The molecule has 1 N–H and O–H groups in total. The van der Waals surface area contributed by atoms with Crippen molar-refractivity contribution in [3.05, 3.63) is 0 Å². The number of nitrogens with one attached hydrogen (secondary N) is 1. The third-order valence-corrected chi connectivity index (χ3v) is 2.37. The largest absolute Gasteiger partial charge is 0.303 e. The molecule has 0 radical (unpaired) electrons. The van der Waals surface area contributed by atoms with E-state index in [-0.39, 0.29) is 5.91 Å². The second kappa shape index (κ2) is 5.01. The Kier molecular flexibility index (Phi) is 3.95. The molecule has 0 atom stereocenters. The molecular formula is C8H13N3OS. The molecule has 1 amide bonds. The zero-order valence-electron chi connectivity index (χ0n) is 7.83. The summed E-state index contributed by atoms with van der Waals surface area (Å²) in [6, 6.07) is 0. The van der Waals surface area contributed by atoms with E-state index in [0.29, 0.717) is 10.9 Å². The van der Waals surface area contributed by atoms with Gasteiger partial charge in [-0.3, -0.25) is 4.79 Å². The summed E-state index contributed by atoms with van der Waals surface area (Å²) in [4.78, 5) is 10.8. The molecule has 1 saturated heterocycles. The highest BCUT2D eigenvalue weighted by Crippen LogP contribution is 2.08. The predicted molar refractivity (Wildman–Crippen MR) is 56.1 cm³/mol. The van der Waals surface area contributed by atoms with Crippen LogP contribution in [0.25, 0.3) is 0 Å². The SMILES string of the molecule is CCC/C(C)=N/N=C1\NC(=O)CS1. The number of amidine groups is 1. The van der Waals surface area contributed by atoms with Gasteiger partial charge in [0.25, 0.3) is 0 Å². The molecule has 0 aromatic rings. The Morgan fingerprint density at radius 3 is 3.00 bits per heavy atom. The van der Waals surface area contributed by atoms with Crippen molar-refractivity contribution in [2.24, 2.45) is 10.2 Å². The zero-order valence-corrected chi connectivity index (χ0v) is 8.65. The number of hydrogen-bond donors (Lipinski definition) is 1. The Balaban J connectivity index is 2.47. The van der Waals surface area contributed by atoms with E-state index in [0.717, 1.165) is 18.6 Å². The van der Waals surface area contributed by atoms with Gasteiger partial charge in [-0.05, 0) is 13.3 Å². The normalized spacial score (nSPS) is 20.9. The van der Waals surface area contributed by atoms with E-state index in [1.165, 1.54) is 11.8 Å². The summed E-state index contributed by atoms with van der Waals surface area (Å²) >= 11 is 1.39. The first kappa shape index (κ1) is 10.2. The van der Waals surface area contributed by atoms with Gasteiger partial charge in [-0.2, -0.15) is 5.10 Å². The van der Waals surface area contributed by atoms with Gasteiger partial charge in [0.15, 0.2) is 5.17 Å². The van der Waals surface area contributed by atoms with Gasteiger partial charge < -0.3 is 5.32 Å². The smallest absolute Gasteiger partial charge is 0.236 e. The van der Waals surface area contributed by atoms with Gasteiger partial charge in [0.05, 0.1) is 5.75 Å². The molecule has 13 heavy (non-hydrogen) atoms. The molecule has 1 rings (SSSR count). The fourth-order valence-corrected chi connectivity index (χ4v) is 1.55. The van der Waals surface area contributed by atoms with Gasteiger partial charge in [0.2, 0.25) is 5.91 Å². The Labute approximate surface area is 81.9 Å². The van der Waals surface area contributed by atoms with Crippen molar-refractivity contribution in [3.63, 3.8) is 0 Å². The van der Waals surface area contributed by atoms with Crippen LogP contribution in [0.2, 0.25) is 0 Å². The minimum atomic E-state index is 0.00657. The molecule has 5 heteroatoms. The Morgan fingerprint density at radius 1 is 1.69 bits per heavy atom. The van der Waals surface area contributed by atoms with Crippen LogP contribution < -0.4 is 5.32 Å². The van der Waals surface area contributed by atoms with Gasteiger partial charge >= 0.3 is 0 Å². The van der Waals surface area contributed by atoms with E-state index in [2.05, 4.69) is 22.4 Å². The van der Waals surface area contributed by atoms with Crippen LogP contribution in [0.5, 0.6) is 0 Å². The first-order valence-corrected chi connectivity index (χ1v) is 5.24. The number of hydrogen-bond acceptors (Lipinski definition) is 4. The van der Waals surface area contributed by atoms with E-state index < -0.39 is 0 Å². The van der Waals surface area contributed by atoms with Gasteiger partial charge in [-0.15, -0.1) is 5.10 Å². The Hall–Kier alpha value is -0.840. The van der Waals surface area contributed by atoms with Crippen LogP contribution >= 0.6 is 11.8 Å². The van der Waals surface area contributed by atoms with Gasteiger partial charge in [-0.25, -0.2) is 0 Å². The maximum Gasteiger partial charge on any atom is 0.236 e. The molecule has 0 aliphatic carbocycles. The topological polar surface area (TPSA) is 53.8 Å². The average molecular weight is 199 g/mol. The first-order chi connectivity index (χ1) is 6.22. The first-order valence-electron chi connectivity index (χ1n) is 4.26. The van der Waals surface area contributed by atoms with E-state index >= 15 is 0 Å². The summed E-state index contributed by atoms with van der Waals surface area (Å²) in [6.45, 7) is 4.03. The lowest BCUT2D eigenvalue weighted by atomic mass is 10.2. The zero-order chi connectivity index (χ0) is 9.68. The maximum absolute atomic E-state index is 10.8. The van der Waals surface area contributed by atoms with Crippen LogP contribution in [0.15, 0.2) is 10.2 Å². The number of carbonyl (C=O) groups is 1. The third kappa shape index (κ3) is 3.59. The van der Waals surface area contributed by atoms with Crippen LogP contribution in [0, 0.1) is 0 Å². The summed E-state index contributed by atoms with van der Waals surface area (Å²) in [5.74, 6) is 0.466. The number of amides is 1. The highest BCUT2D eigenvalue weighted by Gasteiger charge is 2.15. The second-order valence-electron chi connectivity index (χ2n) is 2.83. The fraction of sp³-hybridized carbons (Fsp3) is 0.625. The molecule has 0 aromatic carbocycles. The molecule has 1 aliphatic rings. The minimum absolute atomic E-state index is 0.00657. The monoisotopic (exact) mass is 199 g/mol. The molecule has 72 valence electrons. The van der Waals surface area contributed by atoms with E-state index in [1.807, 2.05) is 6.92 Å². The molecule has 0 saturated carbocycles. The second-order valence-corrected chi connectivity index (χ2v) is 3.79. The molecule has 0 aromatic heterocycles. The van der Waals surface area contributed by atoms with Crippen molar-refractivity contribution in [2.45, 2.75) is 26.7 Å². The molecule has 0 unspecified atom stereocenters. The predicted octanol–water partition coefficient (Wildman–Crippen LogP) is 1.38. The van der Waals surface area contributed by atoms with Gasteiger partial charge in [0.1, 0.15) is 0 Å². The van der Waals surface area contributed by atoms with Crippen molar-refractivity contribution in [2.75, 3.05) is 5.75 Å². The van der Waals surface area contributed by atoms with Crippen LogP contribution in [-0.2, 0) is 4.79 Å². The van der Waals surface area contributed by atoms with E-state index in [9.17, 15) is 4.79 Å². The van der Waals surface area contributed by atoms with Gasteiger partial charge in [0, 0.05) is 5.71 Å². The number of rotatable bonds is 3. The Morgan fingerprint density at radius 2 is 2.46 bits per heavy atom. The molecule has 1 fully saturated rings. The highest BCUT2D eigenvalue weighted by molar-refractivity contribution is 8.15. The summed E-state index contributed by atoms with van der Waals surface area (Å²) in [5.41, 5.74) is 0.997. The molecule has 1 aliphatic heterocycles. The van der Waals surface area contributed by atoms with E-state index in [4.69, 9.17) is 0 Å². The quantitative estimate of drug-likeness (QED) is 0.551. The van der Waals surface area contributed by atoms with Gasteiger partial charge in [-0.1, -0.05) is 25.1 Å². The summed E-state index contributed by atoms with van der Waals surface area (Å²) in [5, 5.41) is 11.2. The van der Waals surface area contributed by atoms with Crippen LogP contribution in [0.4, 0.5) is 0 Å². The Bertz CT molecular complexity index is 260. The van der Waals surface area contributed by atoms with Crippen LogP contribution in [0.1, 0.15) is 26.7 Å². The van der Waals surface area contributed by atoms with Crippen LogP contribution in [0.3, 0.4) is 0 Å². The number of nitrogens with zero attached hydrogens (tertiary/aromatic N) is 2. The molecule has 0 bridgehead atoms. The molecule has 0 spiro atoms. The highest BCUT2D eigenvalue weighted by atomic mass is 32.2. The summed E-state index contributed by atoms with van der Waals surface area (Å²) < 4.78 is 0. The molecular weight excluding hydrogens is 186 g/mol. The van der Waals surface area contributed by atoms with Crippen molar-refractivity contribution in [3.8, 4) is 0 Å². The lowest BCUT2D eigenvalue weighted by Crippen LogP contribution is -2.19. The standard InChI is InChI=1S/C8H13N3OS/c1-3-4-6(2)10-11-8-9-7(12)5-13-8/h3-5H2,1-2H3,(H,9,11,12)/b10-6+. The van der Waals surface area contributed by atoms with Crippen molar-refractivity contribution in [1.82, 2.24) is 5.32 Å². The maximum atomic E-state index is 10.8. The average Bonchev–Trinajstić information content (AvgIpc) is 2.49. The van der Waals surface area contributed by atoms with Crippen molar-refractivity contribution >= 4 is 28.5 Å². The third-order valence-electron chi connectivity index (χ3n) is 1.51. The lowest BCUT2D eigenvalue weighted by molar-refractivity contribution is -0.116. The van der Waals surface area contributed by atoms with Crippen molar-refractivity contribution in [1.29, 1.82) is 0 Å². The summed E-state index contributed by atoms with van der Waals surface area (Å²) in [6.07, 6.45) is 2.02. The minimum Gasteiger partial charge on any atom is -0.303 e. The molecule has 4 nitrogen and oxygen atoms in total.